The minimum atomic E-state index is -0.372. The Hall–Kier alpha value is -2.04. The third kappa shape index (κ3) is 3.35. The van der Waals surface area contributed by atoms with Crippen molar-refractivity contribution in [1.29, 1.82) is 0 Å². The van der Waals surface area contributed by atoms with Crippen LogP contribution in [0.5, 0.6) is 5.75 Å². The van der Waals surface area contributed by atoms with Gasteiger partial charge in [-0.2, -0.15) is 0 Å². The van der Waals surface area contributed by atoms with Gasteiger partial charge in [-0.25, -0.2) is 0 Å². The van der Waals surface area contributed by atoms with Crippen LogP contribution in [0.3, 0.4) is 0 Å². The van der Waals surface area contributed by atoms with E-state index in [1.807, 2.05) is 26.0 Å². The van der Waals surface area contributed by atoms with Crippen molar-refractivity contribution in [1.82, 2.24) is 10.2 Å². The van der Waals surface area contributed by atoms with Crippen LogP contribution in [0.1, 0.15) is 29.5 Å². The predicted octanol–water partition coefficient (Wildman–Crippen LogP) is 1.55. The van der Waals surface area contributed by atoms with Gasteiger partial charge in [0.15, 0.2) is 0 Å². The predicted molar refractivity (Wildman–Crippen MR) is 80.1 cm³/mol. The molecule has 0 bridgehead atoms. The molecule has 5 nitrogen and oxygen atoms in total. The molecule has 21 heavy (non-hydrogen) atoms. The summed E-state index contributed by atoms with van der Waals surface area (Å²) in [5.41, 5.74) is 3.18. The SMILES string of the molecule is COc1c(C)cc(CN(C)C(=O)C2CCC(=O)N2)cc1C. The topological polar surface area (TPSA) is 58.6 Å². The van der Waals surface area contributed by atoms with Crippen LogP contribution < -0.4 is 10.1 Å². The third-order valence-corrected chi connectivity index (χ3v) is 3.81. The molecule has 0 spiro atoms. The number of hydrogen-bond acceptors (Lipinski definition) is 3. The first-order chi connectivity index (χ1) is 9.92. The van der Waals surface area contributed by atoms with E-state index in [0.717, 1.165) is 22.4 Å². The fraction of sp³-hybridized carbons (Fsp3) is 0.500. The number of nitrogens with one attached hydrogen (secondary N) is 1. The van der Waals surface area contributed by atoms with Gasteiger partial charge >= 0.3 is 0 Å². The minimum absolute atomic E-state index is 0.0352. The molecule has 1 N–H and O–H groups in total. The van der Waals surface area contributed by atoms with E-state index in [1.165, 1.54) is 0 Å². The Kier molecular flexibility index (Phi) is 4.50. The lowest BCUT2D eigenvalue weighted by Gasteiger charge is -2.22. The molecule has 0 saturated carbocycles. The summed E-state index contributed by atoms with van der Waals surface area (Å²) in [6.07, 6.45) is 1.02. The number of methoxy groups -OCH3 is 1. The smallest absolute Gasteiger partial charge is 0.245 e. The van der Waals surface area contributed by atoms with Crippen molar-refractivity contribution in [3.63, 3.8) is 0 Å². The molecule has 0 aliphatic carbocycles. The quantitative estimate of drug-likeness (QED) is 0.915. The number of nitrogens with zero attached hydrogens (tertiary/aromatic N) is 1. The number of carbonyl (C=O) groups is 2. The van der Waals surface area contributed by atoms with Crippen LogP contribution in [0.4, 0.5) is 0 Å². The highest BCUT2D eigenvalue weighted by atomic mass is 16.5. The van der Waals surface area contributed by atoms with Crippen molar-refractivity contribution in [2.75, 3.05) is 14.2 Å². The van der Waals surface area contributed by atoms with E-state index in [4.69, 9.17) is 4.74 Å². The molecule has 1 aromatic rings. The van der Waals surface area contributed by atoms with Crippen molar-refractivity contribution in [3.8, 4) is 5.75 Å². The number of carbonyl (C=O) groups excluding carboxylic acids is 2. The lowest BCUT2D eigenvalue weighted by Crippen LogP contribution is -2.42. The van der Waals surface area contributed by atoms with Crippen LogP contribution >= 0.6 is 0 Å². The number of benzene rings is 1. The van der Waals surface area contributed by atoms with E-state index in [-0.39, 0.29) is 17.9 Å². The summed E-state index contributed by atoms with van der Waals surface area (Å²) < 4.78 is 5.35. The van der Waals surface area contributed by atoms with Crippen LogP contribution in [0.15, 0.2) is 12.1 Å². The average Bonchev–Trinajstić information content (AvgIpc) is 2.84. The number of likely N-dealkylation sites (N-methyl/N-ethyl adjacent to an activating group) is 1. The fourth-order valence-electron chi connectivity index (χ4n) is 2.87. The van der Waals surface area contributed by atoms with Crippen molar-refractivity contribution in [2.45, 2.75) is 39.3 Å². The first kappa shape index (κ1) is 15.4. The molecule has 1 atom stereocenters. The zero-order chi connectivity index (χ0) is 15.6. The van der Waals surface area contributed by atoms with E-state index >= 15 is 0 Å². The van der Waals surface area contributed by atoms with Gasteiger partial charge in [0.25, 0.3) is 0 Å². The second-order valence-electron chi connectivity index (χ2n) is 5.62. The molecule has 1 aliphatic rings. The van der Waals surface area contributed by atoms with E-state index in [0.29, 0.717) is 19.4 Å². The maximum absolute atomic E-state index is 12.3. The molecule has 5 heteroatoms. The van der Waals surface area contributed by atoms with E-state index < -0.39 is 0 Å². The van der Waals surface area contributed by atoms with E-state index in [9.17, 15) is 9.59 Å². The van der Waals surface area contributed by atoms with Gasteiger partial charge in [0.1, 0.15) is 11.8 Å². The number of ether oxygens (including phenoxy) is 1. The summed E-state index contributed by atoms with van der Waals surface area (Å²) in [5.74, 6) is 0.806. The monoisotopic (exact) mass is 290 g/mol. The van der Waals surface area contributed by atoms with Gasteiger partial charge in [-0.05, 0) is 37.0 Å². The third-order valence-electron chi connectivity index (χ3n) is 3.81. The van der Waals surface area contributed by atoms with Crippen LogP contribution in [-0.4, -0.2) is 36.9 Å². The highest BCUT2D eigenvalue weighted by molar-refractivity contribution is 5.90. The zero-order valence-electron chi connectivity index (χ0n) is 13.0. The van der Waals surface area contributed by atoms with Crippen molar-refractivity contribution >= 4 is 11.8 Å². The number of rotatable bonds is 4. The highest BCUT2D eigenvalue weighted by Crippen LogP contribution is 2.25. The summed E-state index contributed by atoms with van der Waals surface area (Å²) in [6, 6.07) is 3.69. The van der Waals surface area contributed by atoms with Crippen LogP contribution in [-0.2, 0) is 16.1 Å². The highest BCUT2D eigenvalue weighted by Gasteiger charge is 2.29. The largest absolute Gasteiger partial charge is 0.496 e. The molecule has 0 aromatic heterocycles. The molecule has 1 aromatic carbocycles. The summed E-state index contributed by atoms with van der Waals surface area (Å²) >= 11 is 0. The number of hydrogen-bond donors (Lipinski definition) is 1. The Balaban J connectivity index is 2.07. The maximum atomic E-state index is 12.3. The molecule has 1 fully saturated rings. The summed E-state index contributed by atoms with van der Waals surface area (Å²) in [7, 11) is 3.43. The first-order valence-corrected chi connectivity index (χ1v) is 7.11. The number of aryl methyl sites for hydroxylation is 2. The van der Waals surface area contributed by atoms with Crippen molar-refractivity contribution in [2.24, 2.45) is 0 Å². The Bertz CT molecular complexity index is 546. The lowest BCUT2D eigenvalue weighted by molar-refractivity contribution is -0.133. The van der Waals surface area contributed by atoms with E-state index in [1.54, 1.807) is 19.1 Å². The minimum Gasteiger partial charge on any atom is -0.496 e. The molecule has 1 heterocycles. The van der Waals surface area contributed by atoms with E-state index in [2.05, 4.69) is 5.32 Å². The van der Waals surface area contributed by atoms with Gasteiger partial charge < -0.3 is 15.0 Å². The van der Waals surface area contributed by atoms with Gasteiger partial charge in [-0.15, -0.1) is 0 Å². The molecule has 2 rings (SSSR count). The van der Waals surface area contributed by atoms with Gasteiger partial charge in [0.2, 0.25) is 11.8 Å². The maximum Gasteiger partial charge on any atom is 0.245 e. The summed E-state index contributed by atoms with van der Waals surface area (Å²) in [6.45, 7) is 4.51. The summed E-state index contributed by atoms with van der Waals surface area (Å²) in [4.78, 5) is 25.1. The molecular weight excluding hydrogens is 268 g/mol. The molecule has 114 valence electrons. The van der Waals surface area contributed by atoms with Crippen LogP contribution in [0, 0.1) is 13.8 Å². The van der Waals surface area contributed by atoms with Crippen molar-refractivity contribution in [3.05, 3.63) is 28.8 Å². The van der Waals surface area contributed by atoms with Crippen LogP contribution in [0.25, 0.3) is 0 Å². The molecule has 1 saturated heterocycles. The van der Waals surface area contributed by atoms with Gasteiger partial charge in [-0.3, -0.25) is 9.59 Å². The Morgan fingerprint density at radius 2 is 2.00 bits per heavy atom. The standard InChI is InChI=1S/C16H22N2O3/c1-10-7-12(8-11(2)15(10)21-4)9-18(3)16(20)13-5-6-14(19)17-13/h7-8,13H,5-6,9H2,1-4H3,(H,17,19). The first-order valence-electron chi connectivity index (χ1n) is 7.11. The molecule has 1 aliphatic heterocycles. The summed E-state index contributed by atoms with van der Waals surface area (Å²) in [5, 5.41) is 2.71. The van der Waals surface area contributed by atoms with Crippen LogP contribution in [0.2, 0.25) is 0 Å². The second-order valence-corrected chi connectivity index (χ2v) is 5.62. The molecular formula is C16H22N2O3. The Morgan fingerprint density at radius 3 is 2.48 bits per heavy atom. The second kappa shape index (κ2) is 6.16. The fourth-order valence-corrected chi connectivity index (χ4v) is 2.87. The van der Waals surface area contributed by atoms with Gasteiger partial charge in [0.05, 0.1) is 7.11 Å². The van der Waals surface area contributed by atoms with Crippen molar-refractivity contribution < 1.29 is 14.3 Å². The normalized spacial score (nSPS) is 17.5. The molecule has 0 radical (unpaired) electrons. The number of amides is 2. The molecule has 2 amide bonds. The zero-order valence-corrected chi connectivity index (χ0v) is 13.0. The Morgan fingerprint density at radius 1 is 1.38 bits per heavy atom. The average molecular weight is 290 g/mol. The van der Waals surface area contributed by atoms with Gasteiger partial charge in [-0.1, -0.05) is 12.1 Å². The lowest BCUT2D eigenvalue weighted by atomic mass is 10.0. The Labute approximate surface area is 125 Å². The van der Waals surface area contributed by atoms with Gasteiger partial charge in [0, 0.05) is 20.0 Å². The molecule has 1 unspecified atom stereocenters.